The summed E-state index contributed by atoms with van der Waals surface area (Å²) in [4.78, 5) is 24.6. The van der Waals surface area contributed by atoms with Gasteiger partial charge in [-0.15, -0.1) is 0 Å². The zero-order valence-electron chi connectivity index (χ0n) is 12.0. The van der Waals surface area contributed by atoms with Crippen molar-refractivity contribution in [2.45, 2.75) is 6.54 Å². The van der Waals surface area contributed by atoms with Crippen molar-refractivity contribution in [1.82, 2.24) is 10.2 Å². The third kappa shape index (κ3) is 5.71. The standard InChI is InChI=1S/C14H20N2O4/c1-16(2)8-9-20-14(18)15-10-11-4-6-12(7-5-11)13(17)19-3/h4-7H,8-10H2,1-3H3,(H,15,18). The molecule has 20 heavy (non-hydrogen) atoms. The van der Waals surface area contributed by atoms with Crippen LogP contribution in [0.3, 0.4) is 0 Å². The number of hydrogen-bond acceptors (Lipinski definition) is 5. The van der Waals surface area contributed by atoms with E-state index in [1.165, 1.54) is 7.11 Å². The molecule has 0 bridgehead atoms. The van der Waals surface area contributed by atoms with E-state index in [0.717, 1.165) is 5.56 Å². The van der Waals surface area contributed by atoms with Crippen molar-refractivity contribution < 1.29 is 19.1 Å². The predicted molar refractivity (Wildman–Crippen MR) is 74.5 cm³/mol. The molecule has 0 radical (unpaired) electrons. The Bertz CT molecular complexity index is 443. The molecule has 0 aromatic heterocycles. The smallest absolute Gasteiger partial charge is 0.407 e. The maximum atomic E-state index is 11.4. The van der Waals surface area contributed by atoms with Crippen molar-refractivity contribution in [3.8, 4) is 0 Å². The van der Waals surface area contributed by atoms with Gasteiger partial charge in [0.2, 0.25) is 0 Å². The highest BCUT2D eigenvalue weighted by Crippen LogP contribution is 2.05. The van der Waals surface area contributed by atoms with Crippen LogP contribution in [0.1, 0.15) is 15.9 Å². The van der Waals surface area contributed by atoms with Gasteiger partial charge in [0.1, 0.15) is 6.61 Å². The average molecular weight is 280 g/mol. The molecule has 110 valence electrons. The molecule has 0 aliphatic carbocycles. The van der Waals surface area contributed by atoms with Crippen LogP contribution in [0, 0.1) is 0 Å². The lowest BCUT2D eigenvalue weighted by Gasteiger charge is -2.10. The molecule has 6 nitrogen and oxygen atoms in total. The number of carbonyl (C=O) groups excluding carboxylic acids is 2. The fourth-order valence-electron chi connectivity index (χ4n) is 1.42. The number of benzene rings is 1. The minimum Gasteiger partial charge on any atom is -0.465 e. The van der Waals surface area contributed by atoms with Gasteiger partial charge in [-0.2, -0.15) is 0 Å². The molecule has 6 heteroatoms. The maximum absolute atomic E-state index is 11.4. The van der Waals surface area contributed by atoms with Gasteiger partial charge >= 0.3 is 12.1 Å². The van der Waals surface area contributed by atoms with E-state index in [1.54, 1.807) is 24.3 Å². The quantitative estimate of drug-likeness (QED) is 0.795. The molecule has 0 saturated heterocycles. The second-order valence-corrected chi connectivity index (χ2v) is 4.48. The summed E-state index contributed by atoms with van der Waals surface area (Å²) < 4.78 is 9.59. The predicted octanol–water partition coefficient (Wildman–Crippen LogP) is 1.26. The van der Waals surface area contributed by atoms with E-state index in [-0.39, 0.29) is 5.97 Å². The summed E-state index contributed by atoms with van der Waals surface area (Å²) >= 11 is 0. The van der Waals surface area contributed by atoms with Crippen LogP contribution in [-0.2, 0) is 16.0 Å². The number of nitrogens with zero attached hydrogens (tertiary/aromatic N) is 1. The summed E-state index contributed by atoms with van der Waals surface area (Å²) in [6, 6.07) is 6.82. The summed E-state index contributed by atoms with van der Waals surface area (Å²) in [5.74, 6) is -0.382. The van der Waals surface area contributed by atoms with Crippen molar-refractivity contribution in [1.29, 1.82) is 0 Å². The van der Waals surface area contributed by atoms with E-state index in [1.807, 2.05) is 19.0 Å². The molecule has 1 amide bonds. The molecule has 0 unspecified atom stereocenters. The number of methoxy groups -OCH3 is 1. The van der Waals surface area contributed by atoms with Gasteiger partial charge in [-0.1, -0.05) is 12.1 Å². The lowest BCUT2D eigenvalue weighted by Crippen LogP contribution is -2.27. The molecule has 1 aromatic carbocycles. The van der Waals surface area contributed by atoms with Crippen LogP contribution in [0.15, 0.2) is 24.3 Å². The van der Waals surface area contributed by atoms with E-state index in [9.17, 15) is 9.59 Å². The van der Waals surface area contributed by atoms with Gasteiger partial charge in [-0.3, -0.25) is 0 Å². The van der Waals surface area contributed by atoms with Gasteiger partial charge in [0.25, 0.3) is 0 Å². The Morgan fingerprint density at radius 2 is 1.85 bits per heavy atom. The SMILES string of the molecule is COC(=O)c1ccc(CNC(=O)OCCN(C)C)cc1. The number of carbonyl (C=O) groups is 2. The van der Waals surface area contributed by atoms with Gasteiger partial charge in [0.15, 0.2) is 0 Å². The molecule has 0 heterocycles. The van der Waals surface area contributed by atoms with Gasteiger partial charge in [0.05, 0.1) is 12.7 Å². The number of ether oxygens (including phenoxy) is 2. The molecular weight excluding hydrogens is 260 g/mol. The molecule has 1 N–H and O–H groups in total. The highest BCUT2D eigenvalue weighted by atomic mass is 16.5. The topological polar surface area (TPSA) is 67.9 Å². The second-order valence-electron chi connectivity index (χ2n) is 4.48. The molecule has 0 spiro atoms. The number of rotatable bonds is 6. The summed E-state index contributed by atoms with van der Waals surface area (Å²) in [5, 5.41) is 2.64. The summed E-state index contributed by atoms with van der Waals surface area (Å²) in [6.45, 7) is 1.38. The molecule has 0 saturated carbocycles. The van der Waals surface area contributed by atoms with E-state index in [0.29, 0.717) is 25.3 Å². The Morgan fingerprint density at radius 3 is 2.40 bits per heavy atom. The molecule has 1 aromatic rings. The van der Waals surface area contributed by atoms with E-state index < -0.39 is 6.09 Å². The molecule has 0 atom stereocenters. The Balaban J connectivity index is 2.34. The first-order valence-electron chi connectivity index (χ1n) is 6.25. The lowest BCUT2D eigenvalue weighted by molar-refractivity contribution is 0.0600. The van der Waals surface area contributed by atoms with Crippen LogP contribution in [-0.4, -0.2) is 51.3 Å². The van der Waals surface area contributed by atoms with E-state index >= 15 is 0 Å². The van der Waals surface area contributed by atoms with Gasteiger partial charge < -0.3 is 19.7 Å². The van der Waals surface area contributed by atoms with Crippen molar-refractivity contribution >= 4 is 12.1 Å². The number of hydrogen-bond donors (Lipinski definition) is 1. The van der Waals surface area contributed by atoms with Crippen molar-refractivity contribution in [2.24, 2.45) is 0 Å². The number of nitrogens with one attached hydrogen (secondary N) is 1. The first-order chi connectivity index (χ1) is 9.52. The van der Waals surface area contributed by atoms with Crippen molar-refractivity contribution in [3.05, 3.63) is 35.4 Å². The van der Waals surface area contributed by atoms with Crippen LogP contribution in [0.4, 0.5) is 4.79 Å². The summed E-state index contributed by atoms with van der Waals surface area (Å²) in [5.41, 5.74) is 1.35. The van der Waals surface area contributed by atoms with E-state index in [4.69, 9.17) is 4.74 Å². The Hall–Kier alpha value is -2.08. The van der Waals surface area contributed by atoms with Crippen LogP contribution in [0.2, 0.25) is 0 Å². The number of amides is 1. The highest BCUT2D eigenvalue weighted by Gasteiger charge is 2.05. The minimum absolute atomic E-state index is 0.347. The van der Waals surface area contributed by atoms with Crippen LogP contribution >= 0.6 is 0 Å². The Kier molecular flexibility index (Phi) is 6.52. The number of alkyl carbamates (subject to hydrolysis) is 1. The number of esters is 1. The molecule has 1 rings (SSSR count). The Labute approximate surface area is 118 Å². The monoisotopic (exact) mass is 280 g/mol. The minimum atomic E-state index is -0.455. The number of likely N-dealkylation sites (N-methyl/N-ethyl adjacent to an activating group) is 1. The van der Waals surface area contributed by atoms with Crippen LogP contribution in [0.25, 0.3) is 0 Å². The van der Waals surface area contributed by atoms with E-state index in [2.05, 4.69) is 10.1 Å². The van der Waals surface area contributed by atoms with Gasteiger partial charge in [-0.05, 0) is 31.8 Å². The van der Waals surface area contributed by atoms with Crippen molar-refractivity contribution in [2.75, 3.05) is 34.4 Å². The fourth-order valence-corrected chi connectivity index (χ4v) is 1.42. The second kappa shape index (κ2) is 8.16. The fraction of sp³-hybridized carbons (Fsp3) is 0.429. The molecule has 0 aliphatic rings. The summed E-state index contributed by atoms with van der Waals surface area (Å²) in [6.07, 6.45) is -0.455. The normalized spacial score (nSPS) is 10.2. The van der Waals surface area contributed by atoms with Crippen molar-refractivity contribution in [3.63, 3.8) is 0 Å². The average Bonchev–Trinajstić information content (AvgIpc) is 2.44. The largest absolute Gasteiger partial charge is 0.465 e. The summed E-state index contributed by atoms with van der Waals surface area (Å²) in [7, 11) is 5.15. The third-order valence-electron chi connectivity index (χ3n) is 2.58. The first kappa shape index (κ1) is 16.0. The Morgan fingerprint density at radius 1 is 1.20 bits per heavy atom. The molecule has 0 aliphatic heterocycles. The zero-order chi connectivity index (χ0) is 15.0. The highest BCUT2D eigenvalue weighted by molar-refractivity contribution is 5.89. The molecule has 0 fully saturated rings. The lowest BCUT2D eigenvalue weighted by atomic mass is 10.1. The first-order valence-corrected chi connectivity index (χ1v) is 6.25. The van der Waals surface area contributed by atoms with Gasteiger partial charge in [-0.25, -0.2) is 9.59 Å². The van der Waals surface area contributed by atoms with Crippen LogP contribution < -0.4 is 5.32 Å². The maximum Gasteiger partial charge on any atom is 0.407 e. The molecular formula is C14H20N2O4. The van der Waals surface area contributed by atoms with Gasteiger partial charge in [0, 0.05) is 13.1 Å². The zero-order valence-corrected chi connectivity index (χ0v) is 12.0. The van der Waals surface area contributed by atoms with Crippen LogP contribution in [0.5, 0.6) is 0 Å². The third-order valence-corrected chi connectivity index (χ3v) is 2.58.